The molecule has 0 aromatic heterocycles. The van der Waals surface area contributed by atoms with Gasteiger partial charge in [-0.05, 0) is 60.5 Å². The Balaban J connectivity index is 1.74. The zero-order valence-corrected chi connectivity index (χ0v) is 19.4. The molecule has 0 spiro atoms. The summed E-state index contributed by atoms with van der Waals surface area (Å²) in [6.07, 6.45) is -4.70. The van der Waals surface area contributed by atoms with Crippen LogP contribution in [0.5, 0.6) is 5.75 Å². The van der Waals surface area contributed by atoms with E-state index in [1.165, 1.54) is 41.3 Å². The Kier molecular flexibility index (Phi) is 8.00. The third-order valence-electron chi connectivity index (χ3n) is 4.85. The normalized spacial score (nSPS) is 11.7. The molecule has 0 saturated heterocycles. The first-order chi connectivity index (χ1) is 16.5. The Morgan fingerprint density at radius 3 is 2.06 bits per heavy atom. The van der Waals surface area contributed by atoms with Gasteiger partial charge in [-0.25, -0.2) is 9.18 Å². The molecule has 35 heavy (non-hydrogen) atoms. The fourth-order valence-electron chi connectivity index (χ4n) is 3.15. The number of amides is 2. The molecule has 2 amide bonds. The van der Waals surface area contributed by atoms with E-state index in [-0.39, 0.29) is 24.9 Å². The van der Waals surface area contributed by atoms with Crippen LogP contribution in [0.2, 0.25) is 0 Å². The van der Waals surface area contributed by atoms with Crippen LogP contribution in [0.4, 0.5) is 22.4 Å². The fraction of sp³-hybridized carbons (Fsp3) is 0.208. The lowest BCUT2D eigenvalue weighted by Gasteiger charge is -2.23. The number of hydrogen-bond acceptors (Lipinski definition) is 4. The molecule has 1 N–H and O–H groups in total. The van der Waals surface area contributed by atoms with E-state index in [1.807, 2.05) is 0 Å². The van der Waals surface area contributed by atoms with Gasteiger partial charge in [0, 0.05) is 19.6 Å². The van der Waals surface area contributed by atoms with Gasteiger partial charge in [0.2, 0.25) is 0 Å². The first-order valence-corrected chi connectivity index (χ1v) is 11.9. The number of nitrogens with one attached hydrogen (secondary N) is 1. The van der Waals surface area contributed by atoms with Crippen molar-refractivity contribution in [2.24, 2.45) is 0 Å². The number of carbonyl (C=O) groups is 1. The average Bonchev–Trinajstić information content (AvgIpc) is 2.81. The number of hydrogen-bond donors (Lipinski definition) is 1. The average molecular weight is 511 g/mol. The maximum atomic E-state index is 13.2. The van der Waals surface area contributed by atoms with Crippen LogP contribution in [-0.4, -0.2) is 25.9 Å². The van der Waals surface area contributed by atoms with E-state index in [0.717, 1.165) is 18.2 Å². The van der Waals surface area contributed by atoms with Crippen LogP contribution in [0.25, 0.3) is 0 Å². The second-order valence-corrected chi connectivity index (χ2v) is 9.07. The van der Waals surface area contributed by atoms with Crippen molar-refractivity contribution in [3.8, 4) is 5.75 Å². The minimum absolute atomic E-state index is 0.103. The lowest BCUT2D eigenvalue weighted by atomic mass is 10.1. The first-order valence-electron chi connectivity index (χ1n) is 10.5. The van der Waals surface area contributed by atoms with Gasteiger partial charge in [-0.2, -0.15) is 21.6 Å². The van der Waals surface area contributed by atoms with Gasteiger partial charge in [0.1, 0.15) is 16.5 Å². The highest BCUT2D eigenvalue weighted by molar-refractivity contribution is 7.87. The Hall–Kier alpha value is -3.60. The van der Waals surface area contributed by atoms with Gasteiger partial charge in [0.05, 0.1) is 5.56 Å². The molecule has 0 bridgehead atoms. The molecule has 0 heterocycles. The molecule has 0 aliphatic rings. The van der Waals surface area contributed by atoms with Crippen molar-refractivity contribution in [1.82, 2.24) is 10.2 Å². The molecule has 3 rings (SSSR count). The van der Waals surface area contributed by atoms with E-state index >= 15 is 0 Å². The molecule has 6 nitrogen and oxygen atoms in total. The second kappa shape index (κ2) is 10.8. The zero-order valence-electron chi connectivity index (χ0n) is 18.5. The van der Waals surface area contributed by atoms with E-state index in [2.05, 4.69) is 5.32 Å². The van der Waals surface area contributed by atoms with Crippen LogP contribution >= 0.6 is 0 Å². The van der Waals surface area contributed by atoms with Gasteiger partial charge in [-0.1, -0.05) is 30.3 Å². The fourth-order valence-corrected chi connectivity index (χ4v) is 4.12. The number of urea groups is 1. The van der Waals surface area contributed by atoms with E-state index in [4.69, 9.17) is 4.18 Å². The van der Waals surface area contributed by atoms with Gasteiger partial charge in [-0.3, -0.25) is 0 Å². The highest BCUT2D eigenvalue weighted by Gasteiger charge is 2.32. The van der Waals surface area contributed by atoms with Crippen LogP contribution in [-0.2, 0) is 29.4 Å². The molecule has 0 saturated carbocycles. The molecule has 3 aromatic rings. The first kappa shape index (κ1) is 26.0. The number of nitrogens with zero attached hydrogens (tertiary/aromatic N) is 1. The third-order valence-corrected chi connectivity index (χ3v) is 6.10. The number of carbonyl (C=O) groups excluding carboxylic acids is 1. The molecule has 0 fully saturated rings. The number of benzene rings is 3. The molecular weight excluding hydrogens is 488 g/mol. The molecule has 0 atom stereocenters. The van der Waals surface area contributed by atoms with Crippen molar-refractivity contribution in [3.63, 3.8) is 0 Å². The highest BCUT2D eigenvalue weighted by Crippen LogP contribution is 2.31. The lowest BCUT2D eigenvalue weighted by molar-refractivity contribution is -0.137. The summed E-state index contributed by atoms with van der Waals surface area (Å²) in [4.78, 5) is 13.4. The number of rotatable bonds is 8. The monoisotopic (exact) mass is 510 g/mol. The summed E-state index contributed by atoms with van der Waals surface area (Å²) >= 11 is 0. The van der Waals surface area contributed by atoms with Gasteiger partial charge in [-0.15, -0.1) is 0 Å². The van der Waals surface area contributed by atoms with E-state index < -0.39 is 32.6 Å². The van der Waals surface area contributed by atoms with Crippen molar-refractivity contribution >= 4 is 16.1 Å². The van der Waals surface area contributed by atoms with Gasteiger partial charge < -0.3 is 14.4 Å². The van der Waals surface area contributed by atoms with Crippen molar-refractivity contribution in [1.29, 1.82) is 0 Å². The Morgan fingerprint density at radius 1 is 0.943 bits per heavy atom. The van der Waals surface area contributed by atoms with Crippen molar-refractivity contribution in [3.05, 3.63) is 95.3 Å². The SMILES string of the molecule is CCNC(=O)N(Cc1ccc(F)cc1)Cc1ccc(OS(=O)(=O)c2cccc(C(F)(F)F)c2)cc1. The van der Waals surface area contributed by atoms with Crippen LogP contribution < -0.4 is 9.50 Å². The molecule has 0 aliphatic heterocycles. The molecule has 0 aliphatic carbocycles. The van der Waals surface area contributed by atoms with Crippen LogP contribution in [0.3, 0.4) is 0 Å². The summed E-state index contributed by atoms with van der Waals surface area (Å²) in [6, 6.07) is 14.4. The molecule has 0 unspecified atom stereocenters. The summed E-state index contributed by atoms with van der Waals surface area (Å²) in [5.74, 6) is -0.497. The summed E-state index contributed by atoms with van der Waals surface area (Å²) in [7, 11) is -4.50. The topological polar surface area (TPSA) is 75.7 Å². The van der Waals surface area contributed by atoms with E-state index in [1.54, 1.807) is 19.1 Å². The molecule has 11 heteroatoms. The lowest BCUT2D eigenvalue weighted by Crippen LogP contribution is -2.38. The standard InChI is InChI=1S/C24H22F4N2O4S/c1-2-29-23(31)30(15-17-6-10-20(25)11-7-17)16-18-8-12-21(13-9-18)34-35(32,33)22-5-3-4-19(14-22)24(26,27)28/h3-14H,2,15-16H2,1H3,(H,29,31). The van der Waals surface area contributed by atoms with Gasteiger partial charge in [0.15, 0.2) is 0 Å². The molecule has 186 valence electrons. The summed E-state index contributed by atoms with van der Waals surface area (Å²) in [5, 5.41) is 2.70. The van der Waals surface area contributed by atoms with Crippen LogP contribution in [0.15, 0.2) is 77.7 Å². The largest absolute Gasteiger partial charge is 0.416 e. The maximum Gasteiger partial charge on any atom is 0.416 e. The zero-order chi connectivity index (χ0) is 25.6. The molecule has 0 radical (unpaired) electrons. The van der Waals surface area contributed by atoms with Crippen LogP contribution in [0.1, 0.15) is 23.6 Å². The molecular formula is C24H22F4N2O4S. The van der Waals surface area contributed by atoms with Crippen molar-refractivity contribution in [2.75, 3.05) is 6.54 Å². The predicted molar refractivity (Wildman–Crippen MR) is 120 cm³/mol. The number of halogens is 4. The summed E-state index contributed by atoms with van der Waals surface area (Å²) in [5.41, 5.74) is 0.246. The van der Waals surface area contributed by atoms with E-state index in [9.17, 15) is 30.8 Å². The Labute approximate surface area is 200 Å². The minimum atomic E-state index is -4.70. The van der Waals surface area contributed by atoms with Crippen molar-refractivity contribution < 1.29 is 35.0 Å². The Bertz CT molecular complexity index is 1260. The van der Waals surface area contributed by atoms with Crippen LogP contribution in [0, 0.1) is 5.82 Å². The summed E-state index contributed by atoms with van der Waals surface area (Å²) < 4.78 is 81.8. The maximum absolute atomic E-state index is 13.2. The second-order valence-electron chi connectivity index (χ2n) is 7.53. The minimum Gasteiger partial charge on any atom is -0.379 e. The summed E-state index contributed by atoms with van der Waals surface area (Å²) in [6.45, 7) is 2.53. The van der Waals surface area contributed by atoms with Gasteiger partial charge in [0.25, 0.3) is 0 Å². The Morgan fingerprint density at radius 2 is 1.51 bits per heavy atom. The quantitative estimate of drug-likeness (QED) is 0.328. The van der Waals surface area contributed by atoms with E-state index in [0.29, 0.717) is 23.7 Å². The van der Waals surface area contributed by atoms with Crippen molar-refractivity contribution in [2.45, 2.75) is 31.1 Å². The third kappa shape index (κ3) is 7.19. The smallest absolute Gasteiger partial charge is 0.379 e. The predicted octanol–water partition coefficient (Wildman–Crippen LogP) is 5.34. The van der Waals surface area contributed by atoms with Gasteiger partial charge >= 0.3 is 22.3 Å². The molecule has 3 aromatic carbocycles. The highest BCUT2D eigenvalue weighted by atomic mass is 32.2. The number of alkyl halides is 3.